The van der Waals surface area contributed by atoms with Gasteiger partial charge in [0.15, 0.2) is 0 Å². The van der Waals surface area contributed by atoms with Crippen LogP contribution in [0.3, 0.4) is 0 Å². The third-order valence-electron chi connectivity index (χ3n) is 4.36. The van der Waals surface area contributed by atoms with Gasteiger partial charge in [0.05, 0.1) is 23.6 Å². The maximum Gasteiger partial charge on any atom is 0.149 e. The monoisotopic (exact) mass is 326 g/mol. The van der Waals surface area contributed by atoms with Gasteiger partial charge in [0.25, 0.3) is 0 Å². The quantitative estimate of drug-likeness (QED) is 0.725. The molecule has 0 amide bonds. The summed E-state index contributed by atoms with van der Waals surface area (Å²) in [6, 6.07) is 8.47. The molecule has 1 unspecified atom stereocenters. The molecule has 1 N–H and O–H groups in total. The number of fused-ring (bicyclic) bond motifs is 1. The number of para-hydroxylation sites is 2. The molecule has 0 radical (unpaired) electrons. The molecule has 6 nitrogen and oxygen atoms in total. The summed E-state index contributed by atoms with van der Waals surface area (Å²) in [6.07, 6.45) is 2.87. The fraction of sp³-hybridized carbons (Fsp3) is 0.500. The zero-order valence-electron chi connectivity index (χ0n) is 14.9. The summed E-state index contributed by atoms with van der Waals surface area (Å²) in [4.78, 5) is 4.82. The van der Waals surface area contributed by atoms with Gasteiger partial charge in [0.1, 0.15) is 18.0 Å². The number of benzene rings is 1. The van der Waals surface area contributed by atoms with E-state index in [1.807, 2.05) is 17.7 Å². The molecular weight excluding hydrogens is 300 g/mol. The first-order valence-corrected chi connectivity index (χ1v) is 8.57. The van der Waals surface area contributed by atoms with E-state index in [0.29, 0.717) is 12.5 Å². The topological polar surface area (TPSA) is 60.6 Å². The first kappa shape index (κ1) is 16.6. The minimum Gasteiger partial charge on any atom is -0.327 e. The zero-order valence-corrected chi connectivity index (χ0v) is 14.9. The average Bonchev–Trinajstić information content (AvgIpc) is 3.14. The van der Waals surface area contributed by atoms with Crippen LogP contribution in [0, 0.1) is 5.92 Å². The molecule has 128 valence electrons. The summed E-state index contributed by atoms with van der Waals surface area (Å²) in [5.74, 6) is 2.68. The normalized spacial score (nSPS) is 13.0. The molecule has 0 aliphatic heterocycles. The molecule has 0 aliphatic carbocycles. The number of nitrogens with zero attached hydrogens (tertiary/aromatic N) is 5. The molecule has 1 aromatic carbocycles. The molecule has 3 rings (SSSR count). The van der Waals surface area contributed by atoms with E-state index in [0.717, 1.165) is 30.1 Å². The summed E-state index contributed by atoms with van der Waals surface area (Å²) in [7, 11) is 1.96. The van der Waals surface area contributed by atoms with Crippen LogP contribution < -0.4 is 5.32 Å². The second kappa shape index (κ2) is 7.13. The van der Waals surface area contributed by atoms with Gasteiger partial charge in [-0.25, -0.2) is 4.98 Å². The molecule has 0 bridgehead atoms. The van der Waals surface area contributed by atoms with Crippen molar-refractivity contribution in [3.8, 4) is 0 Å². The summed E-state index contributed by atoms with van der Waals surface area (Å²) in [6.45, 7) is 8.32. The van der Waals surface area contributed by atoms with E-state index in [4.69, 9.17) is 4.98 Å². The minimum absolute atomic E-state index is 0.121. The highest BCUT2D eigenvalue weighted by molar-refractivity contribution is 5.75. The Labute approximate surface area is 142 Å². The molecule has 6 heteroatoms. The molecule has 2 aromatic heterocycles. The van der Waals surface area contributed by atoms with Crippen LogP contribution in [0.1, 0.15) is 44.9 Å². The lowest BCUT2D eigenvalue weighted by Crippen LogP contribution is -2.23. The smallest absolute Gasteiger partial charge is 0.149 e. The van der Waals surface area contributed by atoms with Crippen LogP contribution in [-0.4, -0.2) is 24.3 Å². The van der Waals surface area contributed by atoms with Gasteiger partial charge < -0.3 is 14.5 Å². The number of aromatic nitrogens is 5. The molecule has 3 aromatic rings. The first-order valence-electron chi connectivity index (χ1n) is 8.57. The fourth-order valence-electron chi connectivity index (χ4n) is 2.92. The van der Waals surface area contributed by atoms with Gasteiger partial charge >= 0.3 is 0 Å². The van der Waals surface area contributed by atoms with Crippen molar-refractivity contribution in [2.45, 2.75) is 46.3 Å². The predicted octanol–water partition coefficient (Wildman–Crippen LogP) is 3.06. The number of rotatable bonds is 7. The van der Waals surface area contributed by atoms with Crippen molar-refractivity contribution in [3.63, 3.8) is 0 Å². The minimum atomic E-state index is 0.121. The van der Waals surface area contributed by atoms with E-state index in [2.05, 4.69) is 59.1 Å². The average molecular weight is 326 g/mol. The van der Waals surface area contributed by atoms with E-state index in [1.54, 1.807) is 6.33 Å². The summed E-state index contributed by atoms with van der Waals surface area (Å²) < 4.78 is 4.28. The SMILES string of the molecule is CC(C)CCn1c(CNC(C)c2nncn2C)nc2ccccc21. The van der Waals surface area contributed by atoms with E-state index < -0.39 is 0 Å². The highest BCUT2D eigenvalue weighted by Gasteiger charge is 2.14. The molecule has 2 heterocycles. The third kappa shape index (κ3) is 3.48. The Morgan fingerprint density at radius 2 is 1.96 bits per heavy atom. The Morgan fingerprint density at radius 1 is 1.17 bits per heavy atom. The van der Waals surface area contributed by atoms with Crippen molar-refractivity contribution in [1.29, 1.82) is 0 Å². The van der Waals surface area contributed by atoms with Crippen LogP contribution in [0.25, 0.3) is 11.0 Å². The Bertz CT molecular complexity index is 801. The standard InChI is InChI=1S/C18H26N6/c1-13(2)9-10-24-16-8-6-5-7-15(16)21-17(24)11-19-14(3)18-22-20-12-23(18)4/h5-8,12-14,19H,9-11H2,1-4H3. The molecule has 0 saturated heterocycles. The van der Waals surface area contributed by atoms with Crippen molar-refractivity contribution < 1.29 is 0 Å². The molecule has 24 heavy (non-hydrogen) atoms. The zero-order chi connectivity index (χ0) is 17.1. The highest BCUT2D eigenvalue weighted by Crippen LogP contribution is 2.18. The van der Waals surface area contributed by atoms with Crippen LogP contribution in [0.4, 0.5) is 0 Å². The van der Waals surface area contributed by atoms with Gasteiger partial charge in [0, 0.05) is 13.6 Å². The van der Waals surface area contributed by atoms with Crippen molar-refractivity contribution in [2.75, 3.05) is 0 Å². The van der Waals surface area contributed by atoms with Gasteiger partial charge in [0.2, 0.25) is 0 Å². The van der Waals surface area contributed by atoms with Crippen LogP contribution >= 0.6 is 0 Å². The molecule has 0 fully saturated rings. The van der Waals surface area contributed by atoms with Gasteiger partial charge in [-0.1, -0.05) is 26.0 Å². The lowest BCUT2D eigenvalue weighted by atomic mass is 10.1. The van der Waals surface area contributed by atoms with Gasteiger partial charge in [-0.15, -0.1) is 10.2 Å². The molecule has 1 atom stereocenters. The van der Waals surface area contributed by atoms with Crippen molar-refractivity contribution in [2.24, 2.45) is 13.0 Å². The second-order valence-corrected chi connectivity index (χ2v) is 6.75. The largest absolute Gasteiger partial charge is 0.327 e. The maximum absolute atomic E-state index is 4.82. The van der Waals surface area contributed by atoms with Crippen molar-refractivity contribution in [3.05, 3.63) is 42.2 Å². The van der Waals surface area contributed by atoms with Crippen molar-refractivity contribution >= 4 is 11.0 Å². The first-order chi connectivity index (χ1) is 11.6. The number of aryl methyl sites for hydroxylation is 2. The molecule has 0 saturated carbocycles. The summed E-state index contributed by atoms with van der Waals surface area (Å²) >= 11 is 0. The number of imidazole rings is 1. The maximum atomic E-state index is 4.82. The number of hydrogen-bond acceptors (Lipinski definition) is 4. The van der Waals surface area contributed by atoms with Gasteiger partial charge in [-0.2, -0.15) is 0 Å². The van der Waals surface area contributed by atoms with Crippen LogP contribution in [0.2, 0.25) is 0 Å². The van der Waals surface area contributed by atoms with E-state index >= 15 is 0 Å². The van der Waals surface area contributed by atoms with Gasteiger partial charge in [-0.3, -0.25) is 0 Å². The van der Waals surface area contributed by atoms with E-state index in [9.17, 15) is 0 Å². The highest BCUT2D eigenvalue weighted by atomic mass is 15.3. The Morgan fingerprint density at radius 3 is 2.67 bits per heavy atom. The molecular formula is C18H26N6. The number of hydrogen-bond donors (Lipinski definition) is 1. The lowest BCUT2D eigenvalue weighted by Gasteiger charge is -2.15. The fourth-order valence-corrected chi connectivity index (χ4v) is 2.92. The second-order valence-electron chi connectivity index (χ2n) is 6.75. The summed E-state index contributed by atoms with van der Waals surface area (Å²) in [5, 5.41) is 11.7. The third-order valence-corrected chi connectivity index (χ3v) is 4.36. The van der Waals surface area contributed by atoms with E-state index in [1.165, 1.54) is 5.52 Å². The summed E-state index contributed by atoms with van der Waals surface area (Å²) in [5.41, 5.74) is 2.27. The van der Waals surface area contributed by atoms with Gasteiger partial charge in [-0.05, 0) is 31.4 Å². The van der Waals surface area contributed by atoms with Crippen LogP contribution in [-0.2, 0) is 20.1 Å². The number of nitrogens with one attached hydrogen (secondary N) is 1. The lowest BCUT2D eigenvalue weighted by molar-refractivity contribution is 0.480. The Hall–Kier alpha value is -2.21. The Kier molecular flexibility index (Phi) is 4.94. The Balaban J connectivity index is 1.80. The van der Waals surface area contributed by atoms with Crippen molar-refractivity contribution in [1.82, 2.24) is 29.6 Å². The van der Waals surface area contributed by atoms with E-state index in [-0.39, 0.29) is 6.04 Å². The van der Waals surface area contributed by atoms with Crippen LogP contribution in [0.5, 0.6) is 0 Å². The predicted molar refractivity (Wildman–Crippen MR) is 95.4 cm³/mol. The van der Waals surface area contributed by atoms with Crippen LogP contribution in [0.15, 0.2) is 30.6 Å². The molecule has 0 spiro atoms. The molecule has 0 aliphatic rings.